The molecule has 2 heterocycles. The van der Waals surface area contributed by atoms with E-state index in [0.29, 0.717) is 5.17 Å². The monoisotopic (exact) mass is 430 g/mol. The Kier molecular flexibility index (Phi) is 5.40. The van der Waals surface area contributed by atoms with E-state index in [2.05, 4.69) is 4.99 Å². The van der Waals surface area contributed by atoms with E-state index >= 15 is 0 Å². The van der Waals surface area contributed by atoms with E-state index < -0.39 is 9.84 Å². The second-order valence-corrected chi connectivity index (χ2v) is 10.7. The van der Waals surface area contributed by atoms with E-state index in [1.54, 1.807) is 7.11 Å². The van der Waals surface area contributed by atoms with Crippen molar-refractivity contribution >= 4 is 38.4 Å². The molecule has 0 saturated carbocycles. The average molecular weight is 431 g/mol. The normalized spacial score (nSPS) is 23.9. The number of hydrogen-bond acceptors (Lipinski definition) is 5. The van der Waals surface area contributed by atoms with Gasteiger partial charge in [0.15, 0.2) is 15.0 Å². The van der Waals surface area contributed by atoms with Crippen LogP contribution in [0.1, 0.15) is 11.1 Å². The number of anilines is 1. The number of sulfone groups is 1. The highest BCUT2D eigenvalue weighted by molar-refractivity contribution is 8.16. The van der Waals surface area contributed by atoms with Crippen molar-refractivity contribution in [1.82, 2.24) is 0 Å². The number of amidine groups is 1. The standard InChI is InChI=1S/C21H22N2O4S2/c1-14-4-3-5-16(10-14)23-18-12-29(25,26)13-19(18)28-21(23)22-20(24)11-15-6-8-17(27-2)9-7-15/h3-10,18-19H,11-13H2,1-2H3/t18-,19-/m1/s1. The number of ether oxygens (including phenoxy) is 1. The molecular formula is C21H22N2O4S2. The summed E-state index contributed by atoms with van der Waals surface area (Å²) in [6, 6.07) is 15.0. The van der Waals surface area contributed by atoms with Crippen LogP contribution >= 0.6 is 11.8 Å². The second kappa shape index (κ2) is 7.84. The fraction of sp³-hybridized carbons (Fsp3) is 0.333. The van der Waals surface area contributed by atoms with Crippen molar-refractivity contribution in [3.05, 3.63) is 59.7 Å². The number of amides is 1. The van der Waals surface area contributed by atoms with Crippen molar-refractivity contribution in [2.24, 2.45) is 4.99 Å². The highest BCUT2D eigenvalue weighted by Crippen LogP contribution is 2.41. The van der Waals surface area contributed by atoms with Crippen LogP contribution in [0.15, 0.2) is 53.5 Å². The molecule has 0 unspecified atom stereocenters. The maximum absolute atomic E-state index is 12.6. The van der Waals surface area contributed by atoms with Gasteiger partial charge in [-0.25, -0.2) is 8.42 Å². The summed E-state index contributed by atoms with van der Waals surface area (Å²) in [6.07, 6.45) is 0.184. The van der Waals surface area contributed by atoms with Crippen LogP contribution in [0.2, 0.25) is 0 Å². The predicted molar refractivity (Wildman–Crippen MR) is 117 cm³/mol. The molecule has 4 rings (SSSR count). The topological polar surface area (TPSA) is 76.0 Å². The summed E-state index contributed by atoms with van der Waals surface area (Å²) in [6.45, 7) is 1.99. The molecule has 0 bridgehead atoms. The summed E-state index contributed by atoms with van der Waals surface area (Å²) in [5, 5.41) is 0.479. The SMILES string of the molecule is COc1ccc(CC(=O)N=C2S[C@@H]3CS(=O)(=O)C[C@H]3N2c2cccc(C)c2)cc1. The van der Waals surface area contributed by atoms with Gasteiger partial charge in [0, 0.05) is 10.9 Å². The number of aliphatic imine (C=N–C) groups is 1. The van der Waals surface area contributed by atoms with Gasteiger partial charge < -0.3 is 9.64 Å². The molecule has 0 spiro atoms. The molecule has 0 N–H and O–H groups in total. The molecule has 2 fully saturated rings. The highest BCUT2D eigenvalue weighted by atomic mass is 32.2. The van der Waals surface area contributed by atoms with E-state index in [4.69, 9.17) is 4.74 Å². The van der Waals surface area contributed by atoms with Crippen LogP contribution in [0.25, 0.3) is 0 Å². The Balaban J connectivity index is 1.61. The maximum Gasteiger partial charge on any atom is 0.252 e. The van der Waals surface area contributed by atoms with Gasteiger partial charge in [-0.1, -0.05) is 36.0 Å². The molecule has 2 aromatic rings. The Labute approximate surface area is 174 Å². The first-order chi connectivity index (χ1) is 13.8. The summed E-state index contributed by atoms with van der Waals surface area (Å²) >= 11 is 1.39. The lowest BCUT2D eigenvalue weighted by atomic mass is 10.1. The van der Waals surface area contributed by atoms with Crippen LogP contribution in [0.3, 0.4) is 0 Å². The number of carbonyl (C=O) groups excluding carboxylic acids is 1. The fourth-order valence-corrected chi connectivity index (χ4v) is 7.64. The number of nitrogens with zero attached hydrogens (tertiary/aromatic N) is 2. The van der Waals surface area contributed by atoms with E-state index in [1.165, 1.54) is 11.8 Å². The van der Waals surface area contributed by atoms with Crippen molar-refractivity contribution in [2.75, 3.05) is 23.5 Å². The summed E-state index contributed by atoms with van der Waals surface area (Å²) < 4.78 is 29.4. The minimum Gasteiger partial charge on any atom is -0.497 e. The van der Waals surface area contributed by atoms with Crippen LogP contribution in [0.4, 0.5) is 5.69 Å². The van der Waals surface area contributed by atoms with Gasteiger partial charge >= 0.3 is 0 Å². The number of rotatable bonds is 4. The van der Waals surface area contributed by atoms with Crippen molar-refractivity contribution in [3.63, 3.8) is 0 Å². The number of thioether (sulfide) groups is 1. The fourth-order valence-electron chi connectivity index (χ4n) is 3.71. The number of fused-ring (bicyclic) bond motifs is 1. The largest absolute Gasteiger partial charge is 0.497 e. The van der Waals surface area contributed by atoms with Crippen LogP contribution in [0, 0.1) is 6.92 Å². The molecule has 0 aliphatic carbocycles. The van der Waals surface area contributed by atoms with Crippen molar-refractivity contribution in [1.29, 1.82) is 0 Å². The van der Waals surface area contributed by atoms with E-state index in [9.17, 15) is 13.2 Å². The number of hydrogen-bond donors (Lipinski definition) is 0. The van der Waals surface area contributed by atoms with Crippen LogP contribution in [-0.2, 0) is 21.1 Å². The van der Waals surface area contributed by atoms with Crippen LogP contribution < -0.4 is 9.64 Å². The van der Waals surface area contributed by atoms with Gasteiger partial charge in [-0.15, -0.1) is 0 Å². The molecule has 2 atom stereocenters. The van der Waals surface area contributed by atoms with Gasteiger partial charge in [0.1, 0.15) is 5.75 Å². The molecule has 1 amide bonds. The Hall–Kier alpha value is -2.32. The minimum atomic E-state index is -3.08. The zero-order chi connectivity index (χ0) is 20.6. The lowest BCUT2D eigenvalue weighted by Gasteiger charge is -2.24. The molecule has 2 aliphatic heterocycles. The number of carbonyl (C=O) groups is 1. The first kappa shape index (κ1) is 20.0. The van der Waals surface area contributed by atoms with Crippen molar-refractivity contribution in [3.8, 4) is 5.75 Å². The number of aryl methyl sites for hydroxylation is 1. The summed E-state index contributed by atoms with van der Waals surface area (Å²) in [4.78, 5) is 18.9. The third-order valence-corrected chi connectivity index (χ3v) is 8.29. The lowest BCUT2D eigenvalue weighted by molar-refractivity contribution is -0.117. The van der Waals surface area contributed by atoms with Crippen LogP contribution in [0.5, 0.6) is 5.75 Å². The summed E-state index contributed by atoms with van der Waals surface area (Å²) in [5.41, 5.74) is 2.80. The third kappa shape index (κ3) is 4.33. The van der Waals surface area contributed by atoms with Crippen molar-refractivity contribution in [2.45, 2.75) is 24.6 Å². The van der Waals surface area contributed by atoms with Gasteiger partial charge in [0.2, 0.25) is 0 Å². The molecule has 152 valence electrons. The number of benzene rings is 2. The maximum atomic E-state index is 12.6. The second-order valence-electron chi connectivity index (χ2n) is 7.32. The van der Waals surface area contributed by atoms with E-state index in [-0.39, 0.29) is 35.1 Å². The summed E-state index contributed by atoms with van der Waals surface area (Å²) in [5.74, 6) is 0.692. The molecule has 2 saturated heterocycles. The molecule has 6 nitrogen and oxygen atoms in total. The van der Waals surface area contributed by atoms with E-state index in [1.807, 2.05) is 60.4 Å². The van der Waals surface area contributed by atoms with Gasteiger partial charge in [-0.05, 0) is 42.3 Å². The van der Waals surface area contributed by atoms with Gasteiger partial charge in [-0.2, -0.15) is 4.99 Å². The zero-order valence-electron chi connectivity index (χ0n) is 16.2. The molecule has 29 heavy (non-hydrogen) atoms. The Morgan fingerprint density at radius 2 is 1.97 bits per heavy atom. The first-order valence-electron chi connectivity index (χ1n) is 9.32. The third-order valence-electron chi connectivity index (χ3n) is 5.08. The highest BCUT2D eigenvalue weighted by Gasteiger charge is 2.49. The zero-order valence-corrected chi connectivity index (χ0v) is 17.9. The molecule has 2 aliphatic rings. The lowest BCUT2D eigenvalue weighted by Crippen LogP contribution is -2.37. The average Bonchev–Trinajstić information content (AvgIpc) is 3.12. The molecule has 0 aromatic heterocycles. The Bertz CT molecular complexity index is 1060. The quantitative estimate of drug-likeness (QED) is 0.743. The van der Waals surface area contributed by atoms with Crippen LogP contribution in [-0.4, -0.2) is 49.4 Å². The Morgan fingerprint density at radius 3 is 2.66 bits per heavy atom. The van der Waals surface area contributed by atoms with E-state index in [0.717, 1.165) is 22.6 Å². The van der Waals surface area contributed by atoms with Gasteiger partial charge in [0.05, 0.1) is 31.1 Å². The summed E-state index contributed by atoms with van der Waals surface area (Å²) in [7, 11) is -1.48. The van der Waals surface area contributed by atoms with Gasteiger partial charge in [0.25, 0.3) is 5.91 Å². The smallest absolute Gasteiger partial charge is 0.252 e. The molecule has 0 radical (unpaired) electrons. The molecular weight excluding hydrogens is 408 g/mol. The molecule has 2 aromatic carbocycles. The minimum absolute atomic E-state index is 0.0876. The first-order valence-corrected chi connectivity index (χ1v) is 12.0. The Morgan fingerprint density at radius 1 is 1.21 bits per heavy atom. The molecule has 8 heteroatoms. The van der Waals surface area contributed by atoms with Crippen molar-refractivity contribution < 1.29 is 17.9 Å². The van der Waals surface area contributed by atoms with Gasteiger partial charge in [-0.3, -0.25) is 4.79 Å². The predicted octanol–water partition coefficient (Wildman–Crippen LogP) is 2.85. The number of methoxy groups -OCH3 is 1.